The van der Waals surface area contributed by atoms with Crippen LogP contribution < -0.4 is 25.6 Å². The lowest BCUT2D eigenvalue weighted by molar-refractivity contribution is 0.356. The molecule has 0 amide bonds. The molecule has 4 rings (SSSR count). The van der Waals surface area contributed by atoms with E-state index in [1.165, 1.54) is 24.1 Å². The van der Waals surface area contributed by atoms with Crippen LogP contribution in [0.3, 0.4) is 0 Å². The first-order chi connectivity index (χ1) is 15.8. The molecular formula is C25H37N7O. The Morgan fingerprint density at radius 2 is 1.88 bits per heavy atom. The van der Waals surface area contributed by atoms with Gasteiger partial charge in [0.1, 0.15) is 11.9 Å². The van der Waals surface area contributed by atoms with Gasteiger partial charge < -0.3 is 35.4 Å². The highest BCUT2D eigenvalue weighted by Gasteiger charge is 2.41. The van der Waals surface area contributed by atoms with Gasteiger partial charge in [-0.15, -0.1) is 0 Å². The topological polar surface area (TPSA) is 84.1 Å². The molecule has 1 atom stereocenters. The van der Waals surface area contributed by atoms with Crippen molar-refractivity contribution in [3.05, 3.63) is 42.0 Å². The summed E-state index contributed by atoms with van der Waals surface area (Å²) >= 11 is 0. The number of likely N-dealkylation sites (N-methyl/N-ethyl adjacent to an activating group) is 3. The van der Waals surface area contributed by atoms with Crippen molar-refractivity contribution in [3.63, 3.8) is 0 Å². The summed E-state index contributed by atoms with van der Waals surface area (Å²) in [7, 11) is 9.78. The van der Waals surface area contributed by atoms with Crippen molar-refractivity contribution in [2.75, 3.05) is 69.2 Å². The fraction of sp³-hybridized carbons (Fsp3) is 0.480. The standard InChI is InChI=1S/C25H37N7O/c1-29(2)12-13-30(3)22-16-23(33-5)20(15-19(22)26)28-25(27)31(4)24-14-17-8-6-7-9-21(17)32(24)18-10-11-18/h6-9,15-16,18,24H,10-14,26H2,1-5H3,(H2,27,28). The van der Waals surface area contributed by atoms with Gasteiger partial charge in [0.25, 0.3) is 0 Å². The Kier molecular flexibility index (Phi) is 6.56. The minimum atomic E-state index is 0.120. The van der Waals surface area contributed by atoms with Gasteiger partial charge in [-0.3, -0.25) is 5.41 Å². The lowest BCUT2D eigenvalue weighted by Gasteiger charge is -2.36. The molecule has 2 aromatic rings. The molecule has 33 heavy (non-hydrogen) atoms. The first-order valence-corrected chi connectivity index (χ1v) is 11.6. The minimum absolute atomic E-state index is 0.120. The highest BCUT2D eigenvalue weighted by atomic mass is 16.5. The van der Waals surface area contributed by atoms with Crippen molar-refractivity contribution in [1.29, 1.82) is 5.41 Å². The van der Waals surface area contributed by atoms with Crippen LogP contribution in [0.25, 0.3) is 0 Å². The minimum Gasteiger partial charge on any atom is -0.494 e. The van der Waals surface area contributed by atoms with Gasteiger partial charge in [-0.2, -0.15) is 0 Å². The summed E-state index contributed by atoms with van der Waals surface area (Å²) < 4.78 is 5.66. The van der Waals surface area contributed by atoms with E-state index in [1.54, 1.807) is 7.11 Å². The molecule has 0 saturated heterocycles. The number of nitrogen functional groups attached to an aromatic ring is 1. The summed E-state index contributed by atoms with van der Waals surface area (Å²) in [5, 5.41) is 12.1. The number of hydrogen-bond acceptors (Lipinski definition) is 6. The third kappa shape index (κ3) is 4.80. The Morgan fingerprint density at radius 1 is 1.15 bits per heavy atom. The number of benzene rings is 2. The van der Waals surface area contributed by atoms with Gasteiger partial charge in [-0.1, -0.05) is 18.2 Å². The van der Waals surface area contributed by atoms with Gasteiger partial charge in [0, 0.05) is 51.4 Å². The van der Waals surface area contributed by atoms with Crippen LogP contribution in [0.2, 0.25) is 0 Å². The van der Waals surface area contributed by atoms with E-state index in [9.17, 15) is 0 Å². The maximum atomic E-state index is 8.82. The number of hydrogen-bond donors (Lipinski definition) is 3. The van der Waals surface area contributed by atoms with Crippen molar-refractivity contribution in [1.82, 2.24) is 9.80 Å². The zero-order chi connectivity index (χ0) is 23.7. The number of ether oxygens (including phenoxy) is 1. The summed E-state index contributed by atoms with van der Waals surface area (Å²) in [5.41, 5.74) is 11.3. The number of methoxy groups -OCH3 is 1. The number of nitrogens with two attached hydrogens (primary N) is 1. The molecule has 1 aliphatic heterocycles. The van der Waals surface area contributed by atoms with E-state index in [2.05, 4.69) is 58.4 Å². The predicted molar refractivity (Wildman–Crippen MR) is 138 cm³/mol. The average molecular weight is 452 g/mol. The Balaban J connectivity index is 1.50. The number of rotatable bonds is 8. The molecule has 1 unspecified atom stereocenters. The van der Waals surface area contributed by atoms with E-state index in [0.717, 1.165) is 25.2 Å². The first kappa shape index (κ1) is 23.0. The fourth-order valence-electron chi connectivity index (χ4n) is 4.53. The number of nitrogens with one attached hydrogen (secondary N) is 2. The molecule has 8 heteroatoms. The van der Waals surface area contributed by atoms with Crippen LogP contribution in [0.4, 0.5) is 22.7 Å². The summed E-state index contributed by atoms with van der Waals surface area (Å²) in [4.78, 5) is 8.77. The van der Waals surface area contributed by atoms with Crippen LogP contribution in [-0.2, 0) is 6.42 Å². The predicted octanol–water partition coefficient (Wildman–Crippen LogP) is 3.10. The molecular weight excluding hydrogens is 414 g/mol. The van der Waals surface area contributed by atoms with Gasteiger partial charge in [-0.25, -0.2) is 0 Å². The van der Waals surface area contributed by atoms with E-state index in [4.69, 9.17) is 15.9 Å². The van der Waals surface area contributed by atoms with Crippen molar-refractivity contribution >= 4 is 28.7 Å². The normalized spacial score (nSPS) is 17.2. The Bertz CT molecular complexity index is 1000. The van der Waals surface area contributed by atoms with E-state index in [0.29, 0.717) is 29.1 Å². The van der Waals surface area contributed by atoms with Gasteiger partial charge >= 0.3 is 0 Å². The highest BCUT2D eigenvalue weighted by Crippen LogP contribution is 2.42. The molecule has 178 valence electrons. The van der Waals surface area contributed by atoms with Crippen molar-refractivity contribution < 1.29 is 4.74 Å². The summed E-state index contributed by atoms with van der Waals surface area (Å²) in [6.45, 7) is 1.78. The van der Waals surface area contributed by atoms with Crippen LogP contribution in [0.5, 0.6) is 5.75 Å². The molecule has 0 bridgehead atoms. The van der Waals surface area contributed by atoms with Crippen molar-refractivity contribution in [3.8, 4) is 5.75 Å². The van der Waals surface area contributed by atoms with E-state index < -0.39 is 0 Å². The molecule has 0 radical (unpaired) electrons. The Labute approximate surface area is 197 Å². The molecule has 8 nitrogen and oxygen atoms in total. The monoisotopic (exact) mass is 451 g/mol. The number of nitrogens with zero attached hydrogens (tertiary/aromatic N) is 4. The fourth-order valence-corrected chi connectivity index (χ4v) is 4.53. The third-order valence-electron chi connectivity index (χ3n) is 6.63. The van der Waals surface area contributed by atoms with Gasteiger partial charge in [0.15, 0.2) is 5.96 Å². The zero-order valence-corrected chi connectivity index (χ0v) is 20.4. The van der Waals surface area contributed by atoms with E-state index >= 15 is 0 Å². The van der Waals surface area contributed by atoms with E-state index in [1.807, 2.05) is 31.1 Å². The summed E-state index contributed by atoms with van der Waals surface area (Å²) in [6.07, 6.45) is 3.45. The quantitative estimate of drug-likeness (QED) is 0.323. The van der Waals surface area contributed by atoms with Gasteiger partial charge in [-0.05, 0) is 44.6 Å². The zero-order valence-electron chi connectivity index (χ0n) is 20.4. The maximum Gasteiger partial charge on any atom is 0.197 e. The summed E-state index contributed by atoms with van der Waals surface area (Å²) in [6, 6.07) is 13.0. The SMILES string of the molecule is COc1cc(N(C)CCN(C)C)c(N)cc1NC(=N)N(C)C1Cc2ccccc2N1C1CC1. The number of fused-ring (bicyclic) bond motifs is 1. The number of para-hydroxylation sites is 1. The van der Waals surface area contributed by atoms with E-state index in [-0.39, 0.29) is 6.17 Å². The second-order valence-corrected chi connectivity index (χ2v) is 9.37. The Hall–Kier alpha value is -3.13. The largest absolute Gasteiger partial charge is 0.494 e. The first-order valence-electron chi connectivity index (χ1n) is 11.6. The van der Waals surface area contributed by atoms with Crippen LogP contribution >= 0.6 is 0 Å². The Morgan fingerprint density at radius 3 is 2.55 bits per heavy atom. The summed E-state index contributed by atoms with van der Waals surface area (Å²) in [5.74, 6) is 0.993. The molecule has 2 aromatic carbocycles. The lowest BCUT2D eigenvalue weighted by Crippen LogP contribution is -2.50. The van der Waals surface area contributed by atoms with Crippen molar-refractivity contribution in [2.45, 2.75) is 31.5 Å². The molecule has 1 aliphatic carbocycles. The van der Waals surface area contributed by atoms with Crippen molar-refractivity contribution in [2.24, 2.45) is 0 Å². The molecule has 1 heterocycles. The average Bonchev–Trinajstić information content (AvgIpc) is 3.56. The highest BCUT2D eigenvalue weighted by molar-refractivity contribution is 5.95. The third-order valence-corrected chi connectivity index (χ3v) is 6.63. The maximum absolute atomic E-state index is 8.82. The second-order valence-electron chi connectivity index (χ2n) is 9.37. The molecule has 4 N–H and O–H groups in total. The van der Waals surface area contributed by atoms with Gasteiger partial charge in [0.2, 0.25) is 0 Å². The van der Waals surface area contributed by atoms with Crippen LogP contribution in [0.1, 0.15) is 18.4 Å². The molecule has 0 aromatic heterocycles. The molecule has 2 aliphatic rings. The number of guanidine groups is 1. The second kappa shape index (κ2) is 9.39. The lowest BCUT2D eigenvalue weighted by atomic mass is 10.1. The van der Waals surface area contributed by atoms with Crippen LogP contribution in [0.15, 0.2) is 36.4 Å². The molecule has 0 spiro atoms. The molecule has 1 fully saturated rings. The number of anilines is 4. The van der Waals surface area contributed by atoms with Gasteiger partial charge in [0.05, 0.1) is 24.2 Å². The molecule has 1 saturated carbocycles. The smallest absolute Gasteiger partial charge is 0.197 e. The van der Waals surface area contributed by atoms with Crippen LogP contribution in [-0.4, -0.2) is 76.4 Å². The van der Waals surface area contributed by atoms with Crippen LogP contribution in [0, 0.1) is 5.41 Å².